The maximum atomic E-state index is 12.8. The van der Waals surface area contributed by atoms with Crippen LogP contribution in [-0.2, 0) is 16.6 Å². The third-order valence-electron chi connectivity index (χ3n) is 7.15. The molecule has 0 radical (unpaired) electrons. The van der Waals surface area contributed by atoms with Gasteiger partial charge in [0, 0.05) is 42.9 Å². The summed E-state index contributed by atoms with van der Waals surface area (Å²) < 4.78 is 11.8. The molecule has 2 bridgehead atoms. The van der Waals surface area contributed by atoms with Crippen LogP contribution < -0.4 is 14.7 Å². The van der Waals surface area contributed by atoms with Crippen LogP contribution in [0.2, 0.25) is 0 Å². The number of quaternary nitrogens is 1. The van der Waals surface area contributed by atoms with Crippen molar-refractivity contribution in [1.29, 1.82) is 0 Å². The third-order valence-corrected chi connectivity index (χ3v) is 7.15. The fourth-order valence-electron chi connectivity index (χ4n) is 5.89. The van der Waals surface area contributed by atoms with Crippen LogP contribution in [0, 0.1) is 0 Å². The number of aliphatic hydroxyl groups excluding tert-OH is 1. The van der Waals surface area contributed by atoms with Gasteiger partial charge in [-0.3, -0.25) is 0 Å². The highest BCUT2D eigenvalue weighted by Crippen LogP contribution is 2.61. The molecule has 2 aliphatic carbocycles. The van der Waals surface area contributed by atoms with Gasteiger partial charge in [-0.2, -0.15) is 0 Å². The minimum atomic E-state index is -1.06. The van der Waals surface area contributed by atoms with Crippen molar-refractivity contribution in [3.63, 3.8) is 0 Å². The summed E-state index contributed by atoms with van der Waals surface area (Å²) in [5.74, 6) is -0.637. The first-order valence-electron chi connectivity index (χ1n) is 9.11. The molecule has 5 atom stereocenters. The average molecular weight is 331 g/mol. The highest BCUT2D eigenvalue weighted by Gasteiger charge is 2.60. The van der Waals surface area contributed by atoms with Gasteiger partial charge >= 0.3 is 0 Å². The van der Waals surface area contributed by atoms with Gasteiger partial charge in [-0.15, -0.1) is 0 Å². The number of benzene rings is 1. The monoisotopic (exact) mass is 331 g/mol. The maximum Gasteiger partial charge on any atom is 0.237 e. The van der Waals surface area contributed by atoms with Gasteiger partial charge in [0.15, 0.2) is 0 Å². The molecule has 0 amide bonds. The zero-order chi connectivity index (χ0) is 16.7. The Morgan fingerprint density at radius 2 is 2.17 bits per heavy atom. The lowest BCUT2D eigenvalue weighted by molar-refractivity contribution is -0.915. The summed E-state index contributed by atoms with van der Waals surface area (Å²) in [5.41, 5.74) is 3.70. The molecule has 2 heterocycles. The van der Waals surface area contributed by atoms with Gasteiger partial charge in [0.1, 0.15) is 17.9 Å². The zero-order valence-electron chi connectivity index (χ0n) is 14.4. The Balaban J connectivity index is 1.80. The van der Waals surface area contributed by atoms with Crippen molar-refractivity contribution in [2.45, 2.75) is 61.9 Å². The summed E-state index contributed by atoms with van der Waals surface area (Å²) in [6, 6.07) is 2.25. The Hall–Kier alpha value is -1.30. The highest BCUT2D eigenvalue weighted by atomic mass is 16.7. The highest BCUT2D eigenvalue weighted by molar-refractivity contribution is 5.60. The van der Waals surface area contributed by atoms with E-state index < -0.39 is 11.9 Å². The van der Waals surface area contributed by atoms with Crippen LogP contribution in [0.4, 0.5) is 0 Å². The number of fused-ring (bicyclic) bond motifs is 1. The van der Waals surface area contributed by atoms with Crippen molar-refractivity contribution in [3.8, 4) is 11.5 Å². The molecule has 0 aromatic heterocycles. The largest absolute Gasteiger partial charge is 0.870 e. The molecule has 130 valence electrons. The number of methoxy groups -OCH3 is 1. The average Bonchev–Trinajstić information content (AvgIpc) is 2.59. The smallest absolute Gasteiger partial charge is 0.237 e. The molecule has 2 N–H and O–H groups in total. The molecule has 5 nitrogen and oxygen atoms in total. The normalized spacial score (nSPS) is 42.2. The molecule has 1 aromatic carbocycles. The molecule has 24 heavy (non-hydrogen) atoms. The van der Waals surface area contributed by atoms with Crippen LogP contribution in [0.1, 0.15) is 54.8 Å². The molecule has 0 saturated heterocycles. The first-order chi connectivity index (χ1) is 11.5. The lowest BCUT2D eigenvalue weighted by Crippen LogP contribution is -3.10. The molecule has 1 fully saturated rings. The topological polar surface area (TPSA) is 66.2 Å². The van der Waals surface area contributed by atoms with Gasteiger partial charge in [-0.05, 0) is 24.8 Å². The molecule has 2 unspecified atom stereocenters. The standard InChI is InChI=1S/C19H25NO4/c1-20-8-5-11-9-13(21)17-16-15(11)12(20)3-6-18(16)7-4-14(22)19(10-18,23-2)24-17/h9,12,14,21-22H,3-8,10H2,1-2H3/t12?,14-,18+,19+/m0/s1. The number of hydrogen-bond donors (Lipinski definition) is 2. The van der Waals surface area contributed by atoms with E-state index in [4.69, 9.17) is 9.47 Å². The molecule has 1 spiro atoms. The molecule has 5 heteroatoms. The number of aliphatic hydroxyl groups is 1. The zero-order valence-corrected chi connectivity index (χ0v) is 14.4. The Morgan fingerprint density at radius 3 is 2.96 bits per heavy atom. The summed E-state index contributed by atoms with van der Waals surface area (Å²) in [7, 11) is 3.84. The Morgan fingerprint density at radius 1 is 1.38 bits per heavy atom. The van der Waals surface area contributed by atoms with Crippen LogP contribution in [0.15, 0.2) is 6.07 Å². The van der Waals surface area contributed by atoms with E-state index in [9.17, 15) is 10.2 Å². The molecule has 4 aliphatic rings. The van der Waals surface area contributed by atoms with Crippen molar-refractivity contribution in [3.05, 3.63) is 22.8 Å². The predicted octanol–water partition coefficient (Wildman–Crippen LogP) is 0.184. The third kappa shape index (κ3) is 1.65. The fourth-order valence-corrected chi connectivity index (χ4v) is 5.89. The van der Waals surface area contributed by atoms with E-state index >= 15 is 0 Å². The van der Waals surface area contributed by atoms with Crippen molar-refractivity contribution >= 4 is 0 Å². The van der Waals surface area contributed by atoms with Gasteiger partial charge in [-0.1, -0.05) is 11.8 Å². The molecule has 5 rings (SSSR count). The molecule has 1 saturated carbocycles. The second-order valence-electron chi connectivity index (χ2n) is 8.22. The number of likely N-dealkylation sites (N-methyl/N-ethyl adjacent to an activating group) is 1. The van der Waals surface area contributed by atoms with Gasteiger partial charge in [-0.25, -0.2) is 0 Å². The molecule has 1 aromatic rings. The Labute approximate surface area is 142 Å². The summed E-state index contributed by atoms with van der Waals surface area (Å²) >= 11 is 0. The van der Waals surface area contributed by atoms with E-state index in [1.165, 1.54) is 21.6 Å². The van der Waals surface area contributed by atoms with E-state index in [1.54, 1.807) is 13.2 Å². The van der Waals surface area contributed by atoms with Crippen molar-refractivity contribution in [2.75, 3.05) is 20.7 Å². The summed E-state index contributed by atoms with van der Waals surface area (Å²) in [6.07, 6.45) is 4.72. The second kappa shape index (κ2) is 4.65. The van der Waals surface area contributed by atoms with E-state index in [1.807, 2.05) is 0 Å². The fraction of sp³-hybridized carbons (Fsp3) is 0.684. The van der Waals surface area contributed by atoms with Crippen LogP contribution in [0.25, 0.3) is 0 Å². The molecular weight excluding hydrogens is 306 g/mol. The Kier molecular flexibility index (Phi) is 2.91. The number of ether oxygens (including phenoxy) is 2. The van der Waals surface area contributed by atoms with Crippen molar-refractivity contribution < 1.29 is 24.6 Å². The van der Waals surface area contributed by atoms with Crippen LogP contribution in [0.5, 0.6) is 11.5 Å². The predicted molar refractivity (Wildman–Crippen MR) is 85.2 cm³/mol. The maximum absolute atomic E-state index is 12.8. The van der Waals surface area contributed by atoms with Crippen LogP contribution in [-0.4, -0.2) is 37.7 Å². The van der Waals surface area contributed by atoms with Crippen LogP contribution in [0.3, 0.4) is 0 Å². The summed E-state index contributed by atoms with van der Waals surface area (Å²) in [4.78, 5) is 1.54. The first-order valence-corrected chi connectivity index (χ1v) is 9.11. The van der Waals surface area contributed by atoms with E-state index in [-0.39, 0.29) is 11.2 Å². The van der Waals surface area contributed by atoms with E-state index in [0.717, 1.165) is 32.2 Å². The van der Waals surface area contributed by atoms with Crippen molar-refractivity contribution in [1.82, 2.24) is 0 Å². The summed E-state index contributed by atoms with van der Waals surface area (Å²) in [5, 5.41) is 23.4. The lowest BCUT2D eigenvalue weighted by Gasteiger charge is -2.58. The SMILES string of the molecule is CO[C@]12C[C@@]3(CCC4c5c(cc([O-])c(c53)O1)CC[NH+]4C)CC[C@@H]2O. The van der Waals surface area contributed by atoms with E-state index in [2.05, 4.69) is 7.05 Å². The van der Waals surface area contributed by atoms with Gasteiger partial charge in [0.25, 0.3) is 0 Å². The molecular formula is C19H25NO4. The first kappa shape index (κ1) is 15.0. The van der Waals surface area contributed by atoms with Gasteiger partial charge in [0.2, 0.25) is 5.79 Å². The van der Waals surface area contributed by atoms with Gasteiger partial charge < -0.3 is 24.6 Å². The number of rotatable bonds is 1. The lowest BCUT2D eigenvalue weighted by atomic mass is 9.57. The quantitative estimate of drug-likeness (QED) is 0.771. The Bertz CT molecular complexity index is 720. The van der Waals surface area contributed by atoms with Crippen molar-refractivity contribution in [2.24, 2.45) is 0 Å². The van der Waals surface area contributed by atoms with E-state index in [0.29, 0.717) is 24.6 Å². The number of hydrogen-bond acceptors (Lipinski definition) is 4. The minimum absolute atomic E-state index is 0.0384. The van der Waals surface area contributed by atoms with Crippen LogP contribution >= 0.6 is 0 Å². The summed E-state index contributed by atoms with van der Waals surface area (Å²) in [6.45, 7) is 1.09. The number of nitrogens with one attached hydrogen (secondary N) is 1. The second-order valence-corrected chi connectivity index (χ2v) is 8.22. The van der Waals surface area contributed by atoms with Gasteiger partial charge in [0.05, 0.1) is 13.6 Å². The molecule has 2 aliphatic heterocycles. The minimum Gasteiger partial charge on any atom is -0.870 e.